The first-order chi connectivity index (χ1) is 14.5. The first-order valence-corrected chi connectivity index (χ1v) is 12.3. The summed E-state index contributed by atoms with van der Waals surface area (Å²) in [5.74, 6) is 0. The van der Waals surface area contributed by atoms with Gasteiger partial charge in [0.1, 0.15) is 0 Å². The van der Waals surface area contributed by atoms with Crippen molar-refractivity contribution in [3.63, 3.8) is 0 Å². The molecule has 0 saturated carbocycles. The van der Waals surface area contributed by atoms with E-state index in [1.165, 1.54) is 11.1 Å². The number of benzene rings is 3. The maximum atomic E-state index is 12.8. The molecule has 1 aliphatic heterocycles. The van der Waals surface area contributed by atoms with E-state index in [0.717, 1.165) is 61.7 Å². The molecule has 1 N–H and O–H groups in total. The van der Waals surface area contributed by atoms with Gasteiger partial charge in [-0.25, -0.2) is 13.1 Å². The standard InChI is InChI=1S/C25H30N2O2S/c1-20-13-14-25(24-12-6-5-11-23(20)24)30(28,29)26-16-7-2-8-17-27-18-15-21-9-3-4-10-22(21)19-27/h3-6,9-14,26H,2,7-8,15-19H2,1H3. The zero-order chi connectivity index (χ0) is 21.0. The summed E-state index contributed by atoms with van der Waals surface area (Å²) in [6, 6.07) is 20.0. The molecule has 0 amide bonds. The molecule has 30 heavy (non-hydrogen) atoms. The molecule has 0 aromatic heterocycles. The van der Waals surface area contributed by atoms with Gasteiger partial charge in [-0.3, -0.25) is 4.90 Å². The van der Waals surface area contributed by atoms with Gasteiger partial charge in [0, 0.05) is 25.0 Å². The molecule has 5 heteroatoms. The fourth-order valence-electron chi connectivity index (χ4n) is 4.32. The van der Waals surface area contributed by atoms with Gasteiger partial charge in [0.2, 0.25) is 10.0 Å². The predicted molar refractivity (Wildman–Crippen MR) is 123 cm³/mol. The third kappa shape index (κ3) is 4.75. The Bertz CT molecular complexity index is 1120. The molecule has 0 atom stereocenters. The van der Waals surface area contributed by atoms with Crippen LogP contribution in [-0.4, -0.2) is 33.0 Å². The quantitative estimate of drug-likeness (QED) is 0.538. The third-order valence-electron chi connectivity index (χ3n) is 6.04. The van der Waals surface area contributed by atoms with Crippen molar-refractivity contribution in [2.75, 3.05) is 19.6 Å². The Balaban J connectivity index is 1.25. The van der Waals surface area contributed by atoms with E-state index in [1.807, 2.05) is 37.3 Å². The number of aryl methyl sites for hydroxylation is 1. The highest BCUT2D eigenvalue weighted by atomic mass is 32.2. The maximum Gasteiger partial charge on any atom is 0.241 e. The summed E-state index contributed by atoms with van der Waals surface area (Å²) in [4.78, 5) is 2.88. The van der Waals surface area contributed by atoms with E-state index in [4.69, 9.17) is 0 Å². The molecule has 0 radical (unpaired) electrons. The van der Waals surface area contributed by atoms with Crippen LogP contribution in [0, 0.1) is 6.92 Å². The van der Waals surface area contributed by atoms with Gasteiger partial charge in [0.15, 0.2) is 0 Å². The number of sulfonamides is 1. The lowest BCUT2D eigenvalue weighted by molar-refractivity contribution is 0.248. The zero-order valence-electron chi connectivity index (χ0n) is 17.6. The van der Waals surface area contributed by atoms with Gasteiger partial charge in [0.05, 0.1) is 4.90 Å². The Hall–Kier alpha value is -2.21. The summed E-state index contributed by atoms with van der Waals surface area (Å²) in [5, 5.41) is 1.78. The van der Waals surface area contributed by atoms with Crippen molar-refractivity contribution in [2.45, 2.75) is 44.0 Å². The molecule has 4 rings (SSSR count). The first kappa shape index (κ1) is 21.0. The minimum Gasteiger partial charge on any atom is -0.299 e. The summed E-state index contributed by atoms with van der Waals surface area (Å²) in [6.45, 7) is 5.71. The van der Waals surface area contributed by atoms with Crippen LogP contribution in [0.25, 0.3) is 10.8 Å². The molecule has 3 aromatic rings. The number of nitrogens with one attached hydrogen (secondary N) is 1. The van der Waals surface area contributed by atoms with Gasteiger partial charge in [-0.1, -0.05) is 61.0 Å². The SMILES string of the molecule is Cc1ccc(S(=O)(=O)NCCCCCN2CCc3ccccc3C2)c2ccccc12. The van der Waals surface area contributed by atoms with Crippen LogP contribution < -0.4 is 4.72 Å². The van der Waals surface area contributed by atoms with Crippen molar-refractivity contribution in [2.24, 2.45) is 0 Å². The normalized spacial score (nSPS) is 14.7. The van der Waals surface area contributed by atoms with Crippen molar-refractivity contribution in [1.29, 1.82) is 0 Å². The van der Waals surface area contributed by atoms with Gasteiger partial charge in [-0.15, -0.1) is 0 Å². The van der Waals surface area contributed by atoms with E-state index >= 15 is 0 Å². The van der Waals surface area contributed by atoms with Gasteiger partial charge in [-0.2, -0.15) is 0 Å². The second-order valence-corrected chi connectivity index (χ2v) is 9.91. The highest BCUT2D eigenvalue weighted by Gasteiger charge is 2.18. The maximum absolute atomic E-state index is 12.8. The van der Waals surface area contributed by atoms with Crippen LogP contribution in [0.15, 0.2) is 65.6 Å². The number of hydrogen-bond donors (Lipinski definition) is 1. The number of nitrogens with zero attached hydrogens (tertiary/aromatic N) is 1. The first-order valence-electron chi connectivity index (χ1n) is 10.8. The Morgan fingerprint density at radius 2 is 1.60 bits per heavy atom. The highest BCUT2D eigenvalue weighted by Crippen LogP contribution is 2.25. The predicted octanol–water partition coefficient (Wildman–Crippen LogP) is 4.66. The van der Waals surface area contributed by atoms with Crippen molar-refractivity contribution in [3.05, 3.63) is 77.4 Å². The average Bonchev–Trinajstić information content (AvgIpc) is 2.76. The minimum absolute atomic E-state index is 0.371. The number of unbranched alkanes of at least 4 members (excludes halogenated alkanes) is 2. The smallest absolute Gasteiger partial charge is 0.241 e. The van der Waals surface area contributed by atoms with Crippen LogP contribution in [0.2, 0.25) is 0 Å². The number of rotatable bonds is 8. The fraction of sp³-hybridized carbons (Fsp3) is 0.360. The van der Waals surface area contributed by atoms with Crippen LogP contribution in [0.1, 0.15) is 36.0 Å². The van der Waals surface area contributed by atoms with E-state index in [0.29, 0.717) is 11.4 Å². The molecule has 0 saturated heterocycles. The summed E-state index contributed by atoms with van der Waals surface area (Å²) in [5.41, 5.74) is 4.01. The van der Waals surface area contributed by atoms with Gasteiger partial charge >= 0.3 is 0 Å². The van der Waals surface area contributed by atoms with E-state index in [-0.39, 0.29) is 0 Å². The Morgan fingerprint density at radius 3 is 2.43 bits per heavy atom. The van der Waals surface area contributed by atoms with E-state index in [2.05, 4.69) is 33.9 Å². The van der Waals surface area contributed by atoms with E-state index in [1.54, 1.807) is 6.07 Å². The van der Waals surface area contributed by atoms with Crippen molar-refractivity contribution in [1.82, 2.24) is 9.62 Å². The van der Waals surface area contributed by atoms with Gasteiger partial charge in [0.25, 0.3) is 0 Å². The Kier molecular flexibility index (Phi) is 6.52. The number of hydrogen-bond acceptors (Lipinski definition) is 3. The topological polar surface area (TPSA) is 49.4 Å². The highest BCUT2D eigenvalue weighted by molar-refractivity contribution is 7.89. The van der Waals surface area contributed by atoms with Crippen molar-refractivity contribution < 1.29 is 8.42 Å². The summed E-state index contributed by atoms with van der Waals surface area (Å²) in [7, 11) is -3.51. The second kappa shape index (κ2) is 9.29. The van der Waals surface area contributed by atoms with E-state index < -0.39 is 10.0 Å². The summed E-state index contributed by atoms with van der Waals surface area (Å²) < 4.78 is 28.5. The van der Waals surface area contributed by atoms with Crippen LogP contribution >= 0.6 is 0 Å². The molecular weight excluding hydrogens is 392 g/mol. The van der Waals surface area contributed by atoms with Crippen molar-refractivity contribution >= 4 is 20.8 Å². The lowest BCUT2D eigenvalue weighted by Crippen LogP contribution is -2.31. The van der Waals surface area contributed by atoms with Crippen LogP contribution in [0.3, 0.4) is 0 Å². The molecule has 0 unspecified atom stereocenters. The molecule has 0 bridgehead atoms. The zero-order valence-corrected chi connectivity index (χ0v) is 18.4. The Morgan fingerprint density at radius 1 is 0.867 bits per heavy atom. The minimum atomic E-state index is -3.51. The molecular formula is C25H30N2O2S. The fourth-order valence-corrected chi connectivity index (χ4v) is 5.61. The molecule has 1 heterocycles. The summed E-state index contributed by atoms with van der Waals surface area (Å²) >= 11 is 0. The molecule has 1 aliphatic rings. The van der Waals surface area contributed by atoms with Crippen molar-refractivity contribution in [3.8, 4) is 0 Å². The third-order valence-corrected chi connectivity index (χ3v) is 7.56. The van der Waals surface area contributed by atoms with Crippen LogP contribution in [-0.2, 0) is 23.0 Å². The molecule has 3 aromatic carbocycles. The lowest BCUT2D eigenvalue weighted by atomic mass is 10.00. The molecule has 158 valence electrons. The Labute approximate surface area is 180 Å². The second-order valence-electron chi connectivity index (χ2n) is 8.18. The average molecular weight is 423 g/mol. The monoisotopic (exact) mass is 422 g/mol. The molecule has 4 nitrogen and oxygen atoms in total. The van der Waals surface area contributed by atoms with Crippen LogP contribution in [0.5, 0.6) is 0 Å². The summed E-state index contributed by atoms with van der Waals surface area (Å²) in [6.07, 6.45) is 4.10. The molecule has 0 spiro atoms. The number of fused-ring (bicyclic) bond motifs is 2. The van der Waals surface area contributed by atoms with Crippen LogP contribution in [0.4, 0.5) is 0 Å². The molecule has 0 fully saturated rings. The van der Waals surface area contributed by atoms with Gasteiger partial charge < -0.3 is 0 Å². The largest absolute Gasteiger partial charge is 0.299 e. The van der Waals surface area contributed by atoms with E-state index in [9.17, 15) is 8.42 Å². The lowest BCUT2D eigenvalue weighted by Gasteiger charge is -2.28. The van der Waals surface area contributed by atoms with Gasteiger partial charge in [-0.05, 0) is 60.9 Å². The molecule has 0 aliphatic carbocycles.